The predicted molar refractivity (Wildman–Crippen MR) is 121 cm³/mol. The van der Waals surface area contributed by atoms with Crippen LogP contribution in [0.5, 0.6) is 11.5 Å². The van der Waals surface area contributed by atoms with Crippen molar-refractivity contribution in [3.63, 3.8) is 0 Å². The SMILES string of the molecule is CC(N=Cc1cccc(Oc2ccccc2)c1)c1ccc(I)cc1I. The van der Waals surface area contributed by atoms with Gasteiger partial charge >= 0.3 is 0 Å². The molecule has 0 heterocycles. The van der Waals surface area contributed by atoms with E-state index in [0.717, 1.165) is 17.1 Å². The van der Waals surface area contributed by atoms with E-state index in [1.807, 2.05) is 60.8 Å². The lowest BCUT2D eigenvalue weighted by Gasteiger charge is -2.10. The molecule has 1 unspecified atom stereocenters. The van der Waals surface area contributed by atoms with E-state index in [1.54, 1.807) is 0 Å². The third-order valence-electron chi connectivity index (χ3n) is 3.70. The number of rotatable bonds is 5. The lowest BCUT2D eigenvalue weighted by atomic mass is 10.1. The Kier molecular flexibility index (Phi) is 6.47. The fourth-order valence-electron chi connectivity index (χ4n) is 2.40. The highest BCUT2D eigenvalue weighted by Crippen LogP contribution is 2.25. The topological polar surface area (TPSA) is 21.6 Å². The fourth-order valence-corrected chi connectivity index (χ4v) is 4.45. The largest absolute Gasteiger partial charge is 0.457 e. The van der Waals surface area contributed by atoms with Gasteiger partial charge in [0.05, 0.1) is 6.04 Å². The summed E-state index contributed by atoms with van der Waals surface area (Å²) < 4.78 is 8.37. The number of halogens is 2. The fraction of sp³-hybridized carbons (Fsp3) is 0.0952. The molecular formula is C21H17I2NO. The van der Waals surface area contributed by atoms with Crippen molar-refractivity contribution in [1.29, 1.82) is 0 Å². The first-order valence-corrected chi connectivity index (χ1v) is 10.1. The quantitative estimate of drug-likeness (QED) is 0.250. The van der Waals surface area contributed by atoms with E-state index in [1.165, 1.54) is 12.7 Å². The van der Waals surface area contributed by atoms with Gasteiger partial charge in [0.15, 0.2) is 0 Å². The number of benzene rings is 3. The maximum atomic E-state index is 5.88. The molecule has 3 rings (SSSR count). The first-order chi connectivity index (χ1) is 12.1. The summed E-state index contributed by atoms with van der Waals surface area (Å²) in [6.07, 6.45) is 1.91. The van der Waals surface area contributed by atoms with E-state index >= 15 is 0 Å². The summed E-state index contributed by atoms with van der Waals surface area (Å²) in [5.74, 6) is 1.64. The molecule has 0 bridgehead atoms. The predicted octanol–water partition coefficient (Wildman–Crippen LogP) is 6.87. The second-order valence-electron chi connectivity index (χ2n) is 5.61. The zero-order valence-corrected chi connectivity index (χ0v) is 18.0. The number of ether oxygens (including phenoxy) is 1. The average Bonchev–Trinajstić information content (AvgIpc) is 2.61. The molecular weight excluding hydrogens is 536 g/mol. The van der Waals surface area contributed by atoms with Crippen LogP contribution in [0.3, 0.4) is 0 Å². The van der Waals surface area contributed by atoms with Gasteiger partial charge in [-0.1, -0.05) is 36.4 Å². The zero-order chi connectivity index (χ0) is 17.6. The van der Waals surface area contributed by atoms with Crippen LogP contribution in [-0.2, 0) is 0 Å². The maximum Gasteiger partial charge on any atom is 0.128 e. The van der Waals surface area contributed by atoms with E-state index in [-0.39, 0.29) is 6.04 Å². The van der Waals surface area contributed by atoms with Gasteiger partial charge in [-0.25, -0.2) is 0 Å². The lowest BCUT2D eigenvalue weighted by Crippen LogP contribution is -1.95. The summed E-state index contributed by atoms with van der Waals surface area (Å²) in [7, 11) is 0. The third kappa shape index (κ3) is 5.28. The smallest absolute Gasteiger partial charge is 0.128 e. The number of hydrogen-bond acceptors (Lipinski definition) is 2. The molecule has 0 saturated carbocycles. The molecule has 3 aromatic rings. The normalized spacial score (nSPS) is 12.3. The second kappa shape index (κ2) is 8.80. The zero-order valence-electron chi connectivity index (χ0n) is 13.7. The molecule has 0 aliphatic rings. The molecule has 3 aromatic carbocycles. The first-order valence-electron chi connectivity index (χ1n) is 7.93. The lowest BCUT2D eigenvalue weighted by molar-refractivity contribution is 0.482. The Balaban J connectivity index is 1.74. The minimum Gasteiger partial charge on any atom is -0.457 e. The number of para-hydroxylation sites is 1. The molecule has 0 spiro atoms. The van der Waals surface area contributed by atoms with Crippen molar-refractivity contribution in [1.82, 2.24) is 0 Å². The molecule has 0 fully saturated rings. The Morgan fingerprint density at radius 2 is 1.64 bits per heavy atom. The first kappa shape index (κ1) is 18.4. The summed E-state index contributed by atoms with van der Waals surface area (Å²) >= 11 is 4.71. The minimum absolute atomic E-state index is 0.114. The van der Waals surface area contributed by atoms with Gasteiger partial charge in [0.1, 0.15) is 11.5 Å². The summed E-state index contributed by atoms with van der Waals surface area (Å²) in [5, 5.41) is 0. The van der Waals surface area contributed by atoms with Gasteiger partial charge in [-0.05, 0) is 99.6 Å². The van der Waals surface area contributed by atoms with Crippen molar-refractivity contribution in [2.75, 3.05) is 0 Å². The van der Waals surface area contributed by atoms with Crippen molar-refractivity contribution < 1.29 is 4.74 Å². The molecule has 0 aromatic heterocycles. The Bertz CT molecular complexity index is 878. The molecule has 1 atom stereocenters. The highest BCUT2D eigenvalue weighted by molar-refractivity contribution is 14.1. The molecule has 0 saturated heterocycles. The van der Waals surface area contributed by atoms with Crippen molar-refractivity contribution in [2.24, 2.45) is 4.99 Å². The van der Waals surface area contributed by atoms with Crippen LogP contribution < -0.4 is 4.74 Å². The van der Waals surface area contributed by atoms with Crippen LogP contribution >= 0.6 is 45.2 Å². The monoisotopic (exact) mass is 553 g/mol. The Hall–Kier alpha value is -1.41. The van der Waals surface area contributed by atoms with Crippen LogP contribution in [0.1, 0.15) is 24.1 Å². The number of aliphatic imine (C=N–C) groups is 1. The van der Waals surface area contributed by atoms with Crippen LogP contribution in [0.25, 0.3) is 0 Å². The van der Waals surface area contributed by atoms with Gasteiger partial charge in [0, 0.05) is 13.4 Å². The molecule has 0 aliphatic carbocycles. The van der Waals surface area contributed by atoms with Crippen LogP contribution in [0, 0.1) is 7.14 Å². The molecule has 0 radical (unpaired) electrons. The number of hydrogen-bond donors (Lipinski definition) is 0. The Labute approximate surface area is 175 Å². The van der Waals surface area contributed by atoms with E-state index in [4.69, 9.17) is 9.73 Å². The van der Waals surface area contributed by atoms with Gasteiger partial charge < -0.3 is 4.74 Å². The molecule has 4 heteroatoms. The van der Waals surface area contributed by atoms with Gasteiger partial charge in [-0.15, -0.1) is 0 Å². The summed E-state index contributed by atoms with van der Waals surface area (Å²) in [5.41, 5.74) is 2.27. The van der Waals surface area contributed by atoms with Gasteiger partial charge in [-0.3, -0.25) is 4.99 Å². The molecule has 25 heavy (non-hydrogen) atoms. The van der Waals surface area contributed by atoms with E-state index in [9.17, 15) is 0 Å². The second-order valence-corrected chi connectivity index (χ2v) is 8.02. The van der Waals surface area contributed by atoms with Gasteiger partial charge in [0.2, 0.25) is 0 Å². The maximum absolute atomic E-state index is 5.88. The van der Waals surface area contributed by atoms with E-state index < -0.39 is 0 Å². The summed E-state index contributed by atoms with van der Waals surface area (Å²) in [6, 6.07) is 24.3. The Morgan fingerprint density at radius 3 is 2.40 bits per heavy atom. The highest BCUT2D eigenvalue weighted by atomic mass is 127. The van der Waals surface area contributed by atoms with Crippen molar-refractivity contribution in [3.8, 4) is 11.5 Å². The Morgan fingerprint density at radius 1 is 0.880 bits per heavy atom. The van der Waals surface area contributed by atoms with Crippen LogP contribution in [0.4, 0.5) is 0 Å². The van der Waals surface area contributed by atoms with Gasteiger partial charge in [0.25, 0.3) is 0 Å². The molecule has 126 valence electrons. The minimum atomic E-state index is 0.114. The molecule has 2 nitrogen and oxygen atoms in total. The third-order valence-corrected chi connectivity index (χ3v) is 5.30. The summed E-state index contributed by atoms with van der Waals surface area (Å²) in [6.45, 7) is 2.12. The molecule has 0 N–H and O–H groups in total. The highest BCUT2D eigenvalue weighted by Gasteiger charge is 2.07. The van der Waals surface area contributed by atoms with Crippen LogP contribution in [-0.4, -0.2) is 6.21 Å². The number of nitrogens with zero attached hydrogens (tertiary/aromatic N) is 1. The van der Waals surface area contributed by atoms with Gasteiger partial charge in [-0.2, -0.15) is 0 Å². The van der Waals surface area contributed by atoms with Crippen molar-refractivity contribution in [2.45, 2.75) is 13.0 Å². The molecule has 0 amide bonds. The van der Waals surface area contributed by atoms with E-state index in [2.05, 4.69) is 70.3 Å². The van der Waals surface area contributed by atoms with Crippen molar-refractivity contribution in [3.05, 3.63) is 91.1 Å². The average molecular weight is 553 g/mol. The standard InChI is InChI=1S/C21H17I2NO/c1-15(20-11-10-17(22)13-21(20)23)24-14-16-6-5-9-19(12-16)25-18-7-3-2-4-8-18/h2-15H,1H3. The summed E-state index contributed by atoms with van der Waals surface area (Å²) in [4.78, 5) is 4.72. The van der Waals surface area contributed by atoms with Crippen molar-refractivity contribution >= 4 is 51.4 Å². The molecule has 0 aliphatic heterocycles. The van der Waals surface area contributed by atoms with Crippen LogP contribution in [0.15, 0.2) is 77.8 Å². The van der Waals surface area contributed by atoms with Crippen LogP contribution in [0.2, 0.25) is 0 Å². The van der Waals surface area contributed by atoms with E-state index in [0.29, 0.717) is 0 Å².